The van der Waals surface area contributed by atoms with Gasteiger partial charge in [-0.05, 0) is 42.2 Å². The zero-order valence-electron chi connectivity index (χ0n) is 11.8. The Labute approximate surface area is 123 Å². The number of nitrogens with zero attached hydrogens (tertiary/aromatic N) is 2. The van der Waals surface area contributed by atoms with E-state index in [0.29, 0.717) is 6.42 Å². The molecule has 0 saturated carbocycles. The van der Waals surface area contributed by atoms with Crippen LogP contribution in [0.4, 0.5) is 11.5 Å². The van der Waals surface area contributed by atoms with Crippen molar-refractivity contribution in [2.75, 3.05) is 23.3 Å². The predicted octanol–water partition coefficient (Wildman–Crippen LogP) is 2.84. The molecule has 0 bridgehead atoms. The molecule has 0 spiro atoms. The van der Waals surface area contributed by atoms with Gasteiger partial charge in [0.05, 0.1) is 6.42 Å². The summed E-state index contributed by atoms with van der Waals surface area (Å²) in [5.74, 6) is 1.12. The smallest absolute Gasteiger partial charge is 0.228 e. The molecule has 2 aliphatic heterocycles. The molecule has 1 N–H and O–H groups in total. The Morgan fingerprint density at radius 3 is 2.71 bits per heavy atom. The highest BCUT2D eigenvalue weighted by atomic mass is 16.1. The molecule has 0 atom stereocenters. The number of carbonyl (C=O) groups is 1. The van der Waals surface area contributed by atoms with Crippen molar-refractivity contribution < 1.29 is 4.79 Å². The third-order valence-electron chi connectivity index (χ3n) is 4.28. The summed E-state index contributed by atoms with van der Waals surface area (Å²) in [7, 11) is 0. The van der Waals surface area contributed by atoms with Crippen LogP contribution in [0.3, 0.4) is 0 Å². The second-order valence-corrected chi connectivity index (χ2v) is 5.66. The van der Waals surface area contributed by atoms with Gasteiger partial charge < -0.3 is 10.2 Å². The first kappa shape index (κ1) is 12.4. The van der Waals surface area contributed by atoms with E-state index in [0.717, 1.165) is 41.3 Å². The lowest BCUT2D eigenvalue weighted by Crippen LogP contribution is -2.18. The molecule has 1 aromatic heterocycles. The SMILES string of the molecule is O=C1Cc2c(cccc2-c2ccc(N3CCCC3)nc2)N1. The van der Waals surface area contributed by atoms with Crippen LogP contribution in [0.15, 0.2) is 36.5 Å². The number of rotatable bonds is 2. The molecular weight excluding hydrogens is 262 g/mol. The van der Waals surface area contributed by atoms with Gasteiger partial charge in [0, 0.05) is 30.5 Å². The van der Waals surface area contributed by atoms with E-state index in [-0.39, 0.29) is 5.91 Å². The van der Waals surface area contributed by atoms with Gasteiger partial charge in [0.2, 0.25) is 5.91 Å². The lowest BCUT2D eigenvalue weighted by atomic mass is 9.99. The van der Waals surface area contributed by atoms with Gasteiger partial charge in [0.25, 0.3) is 0 Å². The molecule has 0 aliphatic carbocycles. The average Bonchev–Trinajstić information content (AvgIpc) is 3.15. The number of pyridine rings is 1. The summed E-state index contributed by atoms with van der Waals surface area (Å²) in [6.45, 7) is 2.21. The topological polar surface area (TPSA) is 45.2 Å². The molecule has 1 aromatic carbocycles. The van der Waals surface area contributed by atoms with E-state index in [4.69, 9.17) is 0 Å². The average molecular weight is 279 g/mol. The number of anilines is 2. The Morgan fingerprint density at radius 1 is 1.10 bits per heavy atom. The number of aromatic nitrogens is 1. The van der Waals surface area contributed by atoms with Gasteiger partial charge in [-0.2, -0.15) is 0 Å². The Morgan fingerprint density at radius 2 is 1.95 bits per heavy atom. The van der Waals surface area contributed by atoms with E-state index in [1.165, 1.54) is 12.8 Å². The van der Waals surface area contributed by atoms with Gasteiger partial charge in [0.1, 0.15) is 5.82 Å². The van der Waals surface area contributed by atoms with Crippen LogP contribution in [0, 0.1) is 0 Å². The van der Waals surface area contributed by atoms with Crippen molar-refractivity contribution in [3.8, 4) is 11.1 Å². The first-order chi connectivity index (χ1) is 10.3. The van der Waals surface area contributed by atoms with E-state index in [9.17, 15) is 4.79 Å². The van der Waals surface area contributed by atoms with E-state index < -0.39 is 0 Å². The van der Waals surface area contributed by atoms with Crippen LogP contribution in [-0.2, 0) is 11.2 Å². The highest BCUT2D eigenvalue weighted by molar-refractivity contribution is 6.01. The van der Waals surface area contributed by atoms with Crippen LogP contribution in [0.1, 0.15) is 18.4 Å². The molecule has 21 heavy (non-hydrogen) atoms. The van der Waals surface area contributed by atoms with Gasteiger partial charge in [-0.1, -0.05) is 12.1 Å². The van der Waals surface area contributed by atoms with E-state index in [2.05, 4.69) is 33.4 Å². The second-order valence-electron chi connectivity index (χ2n) is 5.66. The van der Waals surface area contributed by atoms with Crippen molar-refractivity contribution in [3.63, 3.8) is 0 Å². The van der Waals surface area contributed by atoms with Gasteiger partial charge in [-0.3, -0.25) is 4.79 Å². The Balaban J connectivity index is 1.68. The minimum atomic E-state index is 0.0686. The molecule has 4 heteroatoms. The lowest BCUT2D eigenvalue weighted by molar-refractivity contribution is -0.115. The van der Waals surface area contributed by atoms with Crippen molar-refractivity contribution in [2.24, 2.45) is 0 Å². The van der Waals surface area contributed by atoms with Crippen LogP contribution in [0.2, 0.25) is 0 Å². The van der Waals surface area contributed by atoms with E-state index in [1.54, 1.807) is 0 Å². The highest BCUT2D eigenvalue weighted by Crippen LogP contribution is 2.33. The fourth-order valence-corrected chi connectivity index (χ4v) is 3.20. The quantitative estimate of drug-likeness (QED) is 0.919. The number of hydrogen-bond acceptors (Lipinski definition) is 3. The van der Waals surface area contributed by atoms with Crippen LogP contribution in [-0.4, -0.2) is 24.0 Å². The van der Waals surface area contributed by atoms with Crippen LogP contribution < -0.4 is 10.2 Å². The molecular formula is C17H17N3O. The number of nitrogens with one attached hydrogen (secondary N) is 1. The third-order valence-corrected chi connectivity index (χ3v) is 4.28. The molecule has 1 fully saturated rings. The summed E-state index contributed by atoms with van der Waals surface area (Å²) in [6.07, 6.45) is 4.89. The maximum atomic E-state index is 11.6. The molecule has 0 unspecified atom stereocenters. The van der Waals surface area contributed by atoms with Crippen molar-refractivity contribution >= 4 is 17.4 Å². The summed E-state index contributed by atoms with van der Waals surface area (Å²) >= 11 is 0. The molecule has 0 radical (unpaired) electrons. The third kappa shape index (κ3) is 2.17. The second kappa shape index (κ2) is 4.88. The van der Waals surface area contributed by atoms with E-state index >= 15 is 0 Å². The number of hydrogen-bond donors (Lipinski definition) is 1. The summed E-state index contributed by atoms with van der Waals surface area (Å²) in [5.41, 5.74) is 4.19. The standard InChI is InChI=1S/C17H17N3O/c21-17-10-14-13(4-3-5-15(14)19-17)12-6-7-16(18-11-12)20-8-1-2-9-20/h3-7,11H,1-2,8-10H2,(H,19,21). The number of carbonyl (C=O) groups excluding carboxylic acids is 1. The van der Waals surface area contributed by atoms with Gasteiger partial charge in [-0.25, -0.2) is 4.98 Å². The monoisotopic (exact) mass is 279 g/mol. The van der Waals surface area contributed by atoms with Crippen LogP contribution >= 0.6 is 0 Å². The minimum absolute atomic E-state index is 0.0686. The fourth-order valence-electron chi connectivity index (χ4n) is 3.20. The van der Waals surface area contributed by atoms with Gasteiger partial charge >= 0.3 is 0 Å². The molecule has 3 heterocycles. The molecule has 106 valence electrons. The first-order valence-electron chi connectivity index (χ1n) is 7.44. The minimum Gasteiger partial charge on any atom is -0.357 e. The maximum absolute atomic E-state index is 11.6. The molecule has 1 saturated heterocycles. The summed E-state index contributed by atoms with van der Waals surface area (Å²) in [6, 6.07) is 10.2. The van der Waals surface area contributed by atoms with Crippen LogP contribution in [0.5, 0.6) is 0 Å². The molecule has 2 aromatic rings. The Hall–Kier alpha value is -2.36. The van der Waals surface area contributed by atoms with Crippen LogP contribution in [0.25, 0.3) is 11.1 Å². The molecule has 2 aliphatic rings. The predicted molar refractivity (Wildman–Crippen MR) is 83.5 cm³/mol. The van der Waals surface area contributed by atoms with E-state index in [1.807, 2.05) is 18.3 Å². The fraction of sp³-hybridized carbons (Fsp3) is 0.294. The zero-order valence-corrected chi connectivity index (χ0v) is 11.8. The Kier molecular flexibility index (Phi) is 2.88. The van der Waals surface area contributed by atoms with Gasteiger partial charge in [-0.15, -0.1) is 0 Å². The maximum Gasteiger partial charge on any atom is 0.228 e. The van der Waals surface area contributed by atoms with Crippen molar-refractivity contribution in [1.29, 1.82) is 0 Å². The largest absolute Gasteiger partial charge is 0.357 e. The lowest BCUT2D eigenvalue weighted by Gasteiger charge is -2.16. The van der Waals surface area contributed by atoms with Crippen molar-refractivity contribution in [2.45, 2.75) is 19.3 Å². The molecule has 4 nitrogen and oxygen atoms in total. The number of amides is 1. The molecule has 1 amide bonds. The van der Waals surface area contributed by atoms with Crippen molar-refractivity contribution in [1.82, 2.24) is 4.98 Å². The normalized spacial score (nSPS) is 17.0. The molecule has 4 rings (SSSR count). The summed E-state index contributed by atoms with van der Waals surface area (Å²) < 4.78 is 0. The number of benzene rings is 1. The van der Waals surface area contributed by atoms with Crippen molar-refractivity contribution in [3.05, 3.63) is 42.1 Å². The number of fused-ring (bicyclic) bond motifs is 1. The summed E-state index contributed by atoms with van der Waals surface area (Å²) in [4.78, 5) is 18.5. The Bertz CT molecular complexity index is 688. The first-order valence-corrected chi connectivity index (χ1v) is 7.44. The van der Waals surface area contributed by atoms with Gasteiger partial charge in [0.15, 0.2) is 0 Å². The summed E-state index contributed by atoms with van der Waals surface area (Å²) in [5, 5.41) is 2.90. The highest BCUT2D eigenvalue weighted by Gasteiger charge is 2.21. The zero-order chi connectivity index (χ0) is 14.2.